The molecule has 0 aliphatic carbocycles. The van der Waals surface area contributed by atoms with E-state index in [1.807, 2.05) is 0 Å². The number of rotatable bonds is 3. The van der Waals surface area contributed by atoms with Crippen LogP contribution in [0.1, 0.15) is 18.6 Å². The number of aromatic hydroxyl groups is 1. The van der Waals surface area contributed by atoms with Crippen molar-refractivity contribution in [3.8, 4) is 11.5 Å². The average molecular weight is 198 g/mol. The molecule has 78 valence electrons. The van der Waals surface area contributed by atoms with Crippen molar-refractivity contribution in [2.75, 3.05) is 7.11 Å². The first-order valence-electron chi connectivity index (χ1n) is 4.29. The van der Waals surface area contributed by atoms with Crippen LogP contribution in [-0.2, 0) is 0 Å². The van der Waals surface area contributed by atoms with E-state index in [1.165, 1.54) is 32.2 Å². The second-order valence-electron chi connectivity index (χ2n) is 3.12. The number of hydrogen-bond donors (Lipinski definition) is 3. The van der Waals surface area contributed by atoms with Gasteiger partial charge < -0.3 is 20.1 Å². The van der Waals surface area contributed by atoms with E-state index in [0.717, 1.165) is 0 Å². The van der Waals surface area contributed by atoms with Crippen molar-refractivity contribution in [3.05, 3.63) is 23.8 Å². The van der Waals surface area contributed by atoms with Gasteiger partial charge in [0.05, 0.1) is 13.2 Å². The Morgan fingerprint density at radius 2 is 1.93 bits per heavy atom. The normalized spacial score (nSPS) is 14.9. The zero-order valence-corrected chi connectivity index (χ0v) is 8.14. The molecule has 0 fully saturated rings. The van der Waals surface area contributed by atoms with Crippen LogP contribution in [0, 0.1) is 0 Å². The lowest BCUT2D eigenvalue weighted by molar-refractivity contribution is 0.0304. The number of benzene rings is 1. The van der Waals surface area contributed by atoms with E-state index in [0.29, 0.717) is 5.56 Å². The van der Waals surface area contributed by atoms with Crippen molar-refractivity contribution in [1.82, 2.24) is 0 Å². The van der Waals surface area contributed by atoms with Crippen LogP contribution in [0.2, 0.25) is 0 Å². The quantitative estimate of drug-likeness (QED) is 0.672. The molecule has 2 atom stereocenters. The van der Waals surface area contributed by atoms with Crippen LogP contribution >= 0.6 is 0 Å². The predicted octanol–water partition coefficient (Wildman–Crippen LogP) is 0.815. The van der Waals surface area contributed by atoms with Gasteiger partial charge in [-0.1, -0.05) is 6.07 Å². The van der Waals surface area contributed by atoms with Crippen molar-refractivity contribution in [2.45, 2.75) is 19.1 Å². The molecule has 0 heterocycles. The van der Waals surface area contributed by atoms with Gasteiger partial charge in [0.1, 0.15) is 6.10 Å². The van der Waals surface area contributed by atoms with E-state index in [9.17, 15) is 10.2 Å². The summed E-state index contributed by atoms with van der Waals surface area (Å²) in [5.74, 6) is 0.288. The number of phenols is 1. The zero-order valence-electron chi connectivity index (χ0n) is 8.14. The van der Waals surface area contributed by atoms with Crippen molar-refractivity contribution < 1.29 is 20.1 Å². The van der Waals surface area contributed by atoms with E-state index in [1.54, 1.807) is 0 Å². The molecule has 0 spiro atoms. The Bertz CT molecular complexity index is 309. The average Bonchev–Trinajstić information content (AvgIpc) is 2.17. The second kappa shape index (κ2) is 4.30. The van der Waals surface area contributed by atoms with Crippen LogP contribution in [0.4, 0.5) is 0 Å². The first-order valence-corrected chi connectivity index (χ1v) is 4.29. The third-order valence-corrected chi connectivity index (χ3v) is 2.00. The number of hydrogen-bond acceptors (Lipinski definition) is 4. The summed E-state index contributed by atoms with van der Waals surface area (Å²) in [5.41, 5.74) is 0.509. The molecular weight excluding hydrogens is 184 g/mol. The molecule has 0 amide bonds. The third-order valence-electron chi connectivity index (χ3n) is 2.00. The summed E-state index contributed by atoms with van der Waals surface area (Å²) < 4.78 is 4.87. The standard InChI is InChI=1S/C10H14O4/c1-6(11)10(13)7-3-4-8(12)9(5-7)14-2/h3-6,10-13H,1-2H3/t6-,10-/m0/s1. The van der Waals surface area contributed by atoms with Crippen LogP contribution in [0.5, 0.6) is 11.5 Å². The fourth-order valence-corrected chi connectivity index (χ4v) is 1.16. The molecule has 1 rings (SSSR count). The van der Waals surface area contributed by atoms with Gasteiger partial charge in [0.2, 0.25) is 0 Å². The summed E-state index contributed by atoms with van der Waals surface area (Å²) in [6.45, 7) is 1.49. The van der Waals surface area contributed by atoms with Gasteiger partial charge >= 0.3 is 0 Å². The summed E-state index contributed by atoms with van der Waals surface area (Å²) in [6.07, 6.45) is -1.83. The van der Waals surface area contributed by atoms with Gasteiger partial charge in [0, 0.05) is 0 Å². The number of methoxy groups -OCH3 is 1. The Morgan fingerprint density at radius 1 is 1.29 bits per heavy atom. The van der Waals surface area contributed by atoms with Gasteiger partial charge in [0.25, 0.3) is 0 Å². The molecule has 4 nitrogen and oxygen atoms in total. The van der Waals surface area contributed by atoms with Gasteiger partial charge in [-0.15, -0.1) is 0 Å². The van der Waals surface area contributed by atoms with Gasteiger partial charge in [0.15, 0.2) is 11.5 Å². The zero-order chi connectivity index (χ0) is 10.7. The van der Waals surface area contributed by atoms with Gasteiger partial charge in [-0.25, -0.2) is 0 Å². The fourth-order valence-electron chi connectivity index (χ4n) is 1.16. The molecule has 1 aromatic rings. The molecule has 0 aliphatic heterocycles. The highest BCUT2D eigenvalue weighted by Crippen LogP contribution is 2.29. The van der Waals surface area contributed by atoms with E-state index in [-0.39, 0.29) is 11.5 Å². The van der Waals surface area contributed by atoms with Crippen molar-refractivity contribution >= 4 is 0 Å². The first-order chi connectivity index (χ1) is 6.56. The van der Waals surface area contributed by atoms with Crippen LogP contribution in [0.25, 0.3) is 0 Å². The molecule has 0 radical (unpaired) electrons. The second-order valence-corrected chi connectivity index (χ2v) is 3.12. The highest BCUT2D eigenvalue weighted by Gasteiger charge is 2.15. The molecule has 0 aliphatic rings. The van der Waals surface area contributed by atoms with Gasteiger partial charge in [-0.05, 0) is 24.6 Å². The summed E-state index contributed by atoms with van der Waals surface area (Å²) in [6, 6.07) is 4.45. The number of phenolic OH excluding ortho intramolecular Hbond substituents is 1. The van der Waals surface area contributed by atoms with Gasteiger partial charge in [-0.2, -0.15) is 0 Å². The minimum atomic E-state index is -0.968. The number of aliphatic hydroxyl groups is 2. The summed E-state index contributed by atoms with van der Waals surface area (Å²) in [5, 5.41) is 28.0. The Hall–Kier alpha value is -1.26. The molecule has 0 aromatic heterocycles. The highest BCUT2D eigenvalue weighted by atomic mass is 16.5. The molecule has 0 saturated heterocycles. The predicted molar refractivity (Wildman–Crippen MR) is 51.3 cm³/mol. The van der Waals surface area contributed by atoms with Gasteiger partial charge in [-0.3, -0.25) is 0 Å². The topological polar surface area (TPSA) is 69.9 Å². The maximum Gasteiger partial charge on any atom is 0.160 e. The molecule has 1 aromatic carbocycles. The minimum Gasteiger partial charge on any atom is -0.504 e. The molecular formula is C10H14O4. The largest absolute Gasteiger partial charge is 0.504 e. The highest BCUT2D eigenvalue weighted by molar-refractivity contribution is 5.42. The number of ether oxygens (including phenoxy) is 1. The van der Waals surface area contributed by atoms with Crippen LogP contribution in [-0.4, -0.2) is 28.5 Å². The van der Waals surface area contributed by atoms with Crippen molar-refractivity contribution in [1.29, 1.82) is 0 Å². The number of aliphatic hydroxyl groups excluding tert-OH is 2. The fraction of sp³-hybridized carbons (Fsp3) is 0.400. The van der Waals surface area contributed by atoms with E-state index >= 15 is 0 Å². The lowest BCUT2D eigenvalue weighted by Crippen LogP contribution is -2.13. The van der Waals surface area contributed by atoms with Crippen molar-refractivity contribution in [3.63, 3.8) is 0 Å². The van der Waals surface area contributed by atoms with Crippen LogP contribution in [0.3, 0.4) is 0 Å². The molecule has 4 heteroatoms. The van der Waals surface area contributed by atoms with E-state index in [2.05, 4.69) is 0 Å². The summed E-state index contributed by atoms with van der Waals surface area (Å²) in [4.78, 5) is 0. The lowest BCUT2D eigenvalue weighted by Gasteiger charge is -2.15. The summed E-state index contributed by atoms with van der Waals surface area (Å²) >= 11 is 0. The third kappa shape index (κ3) is 2.16. The Kier molecular flexibility index (Phi) is 3.33. The monoisotopic (exact) mass is 198 g/mol. The van der Waals surface area contributed by atoms with Crippen LogP contribution in [0.15, 0.2) is 18.2 Å². The Morgan fingerprint density at radius 3 is 2.43 bits per heavy atom. The summed E-state index contributed by atoms with van der Waals surface area (Å²) in [7, 11) is 1.42. The maximum atomic E-state index is 9.52. The van der Waals surface area contributed by atoms with Crippen LogP contribution < -0.4 is 4.74 Å². The Balaban J connectivity index is 3.00. The molecule has 0 unspecified atom stereocenters. The molecule has 3 N–H and O–H groups in total. The Labute approximate surface area is 82.4 Å². The maximum absolute atomic E-state index is 9.52. The van der Waals surface area contributed by atoms with E-state index in [4.69, 9.17) is 9.84 Å². The smallest absolute Gasteiger partial charge is 0.160 e. The van der Waals surface area contributed by atoms with E-state index < -0.39 is 12.2 Å². The molecule has 0 saturated carbocycles. The first kappa shape index (κ1) is 10.8. The minimum absolute atomic E-state index is 0.00837. The SMILES string of the molecule is COc1cc([C@@H](O)[C@H](C)O)ccc1O. The molecule has 14 heavy (non-hydrogen) atoms. The lowest BCUT2D eigenvalue weighted by atomic mass is 10.1. The molecule has 0 bridgehead atoms. The van der Waals surface area contributed by atoms with Crippen molar-refractivity contribution in [2.24, 2.45) is 0 Å².